The summed E-state index contributed by atoms with van der Waals surface area (Å²) in [6, 6.07) is 0. The van der Waals surface area contributed by atoms with Crippen molar-refractivity contribution in [3.63, 3.8) is 0 Å². The van der Waals surface area contributed by atoms with E-state index in [0.29, 0.717) is 18.3 Å². The summed E-state index contributed by atoms with van der Waals surface area (Å²) < 4.78 is 17.4. The van der Waals surface area contributed by atoms with Gasteiger partial charge >= 0.3 is 5.97 Å². The van der Waals surface area contributed by atoms with Crippen molar-refractivity contribution in [1.82, 2.24) is 0 Å². The molecule has 22 heavy (non-hydrogen) atoms. The summed E-state index contributed by atoms with van der Waals surface area (Å²) in [5.74, 6) is 0.735. The summed E-state index contributed by atoms with van der Waals surface area (Å²) >= 11 is 0. The fourth-order valence-electron chi connectivity index (χ4n) is 2.33. The van der Waals surface area contributed by atoms with E-state index in [9.17, 15) is 4.79 Å². The summed E-state index contributed by atoms with van der Waals surface area (Å²) in [6.07, 6.45) is 0.641. The van der Waals surface area contributed by atoms with Gasteiger partial charge in [0.2, 0.25) is 8.32 Å². The lowest BCUT2D eigenvalue weighted by atomic mass is 9.84. The van der Waals surface area contributed by atoms with Gasteiger partial charge < -0.3 is 13.9 Å². The maximum absolute atomic E-state index is 11.8. The standard InChI is InChI=1S/C17H32O4Si/c1-11(2)14-13(15(18)19-14)10-12(3)16(20-17(4,5)6)21-22(7,8)9/h11,13-14H,10H2,1-9H3/b16-12+/t13-,14-/m0/s1. The first-order valence-electron chi connectivity index (χ1n) is 8.08. The number of hydrogen-bond acceptors (Lipinski definition) is 4. The molecule has 0 amide bonds. The number of rotatable bonds is 6. The molecule has 1 aliphatic heterocycles. The molecule has 1 heterocycles. The summed E-state index contributed by atoms with van der Waals surface area (Å²) in [7, 11) is -1.78. The third-order valence-electron chi connectivity index (χ3n) is 3.28. The van der Waals surface area contributed by atoms with E-state index in [2.05, 4.69) is 33.5 Å². The zero-order valence-corrected chi connectivity index (χ0v) is 16.6. The molecule has 0 bridgehead atoms. The van der Waals surface area contributed by atoms with E-state index in [1.54, 1.807) is 0 Å². The van der Waals surface area contributed by atoms with Gasteiger partial charge in [-0.25, -0.2) is 0 Å². The number of allylic oxidation sites excluding steroid dienone is 1. The Morgan fingerprint density at radius 1 is 1.27 bits per heavy atom. The van der Waals surface area contributed by atoms with Gasteiger partial charge in [0.25, 0.3) is 5.95 Å². The van der Waals surface area contributed by atoms with Crippen molar-refractivity contribution in [3.05, 3.63) is 11.5 Å². The van der Waals surface area contributed by atoms with Gasteiger partial charge in [0.15, 0.2) is 0 Å². The Morgan fingerprint density at radius 3 is 2.18 bits per heavy atom. The molecule has 0 aromatic carbocycles. The molecular formula is C17H32O4Si. The van der Waals surface area contributed by atoms with E-state index in [4.69, 9.17) is 13.9 Å². The Morgan fingerprint density at radius 2 is 1.82 bits per heavy atom. The number of esters is 1. The maximum atomic E-state index is 11.8. The zero-order valence-electron chi connectivity index (χ0n) is 15.6. The number of cyclic esters (lactones) is 1. The van der Waals surface area contributed by atoms with Crippen molar-refractivity contribution in [1.29, 1.82) is 0 Å². The molecule has 0 saturated carbocycles. The molecule has 5 heteroatoms. The van der Waals surface area contributed by atoms with Gasteiger partial charge in [0, 0.05) is 5.57 Å². The predicted molar refractivity (Wildman–Crippen MR) is 90.8 cm³/mol. The van der Waals surface area contributed by atoms with E-state index >= 15 is 0 Å². The highest BCUT2D eigenvalue weighted by Crippen LogP contribution is 2.35. The van der Waals surface area contributed by atoms with Crippen molar-refractivity contribution in [3.8, 4) is 0 Å². The highest BCUT2D eigenvalue weighted by Gasteiger charge is 2.44. The van der Waals surface area contributed by atoms with Crippen molar-refractivity contribution >= 4 is 14.3 Å². The largest absolute Gasteiger partial charge is 0.520 e. The molecule has 2 atom stereocenters. The Balaban J connectivity index is 2.93. The smallest absolute Gasteiger partial charge is 0.313 e. The quantitative estimate of drug-likeness (QED) is 0.410. The Hall–Kier alpha value is -0.973. The SMILES string of the molecule is C/C(C[C@@H]1C(=O)O[C@H]1C(C)C)=C(/OC(C)(C)C)O[Si](C)(C)C. The van der Waals surface area contributed by atoms with E-state index in [0.717, 1.165) is 5.57 Å². The molecule has 1 fully saturated rings. The minimum atomic E-state index is -1.78. The minimum Gasteiger partial charge on any atom is -0.520 e. The van der Waals surface area contributed by atoms with Crippen LogP contribution < -0.4 is 0 Å². The lowest BCUT2D eigenvalue weighted by molar-refractivity contribution is -0.190. The van der Waals surface area contributed by atoms with Crippen LogP contribution in [0.3, 0.4) is 0 Å². The van der Waals surface area contributed by atoms with Crippen molar-refractivity contribution < 1.29 is 18.7 Å². The van der Waals surface area contributed by atoms with Gasteiger partial charge in [-0.05, 0) is 59.7 Å². The lowest BCUT2D eigenvalue weighted by Crippen LogP contribution is -2.48. The molecule has 0 spiro atoms. The van der Waals surface area contributed by atoms with E-state index < -0.39 is 8.32 Å². The van der Waals surface area contributed by atoms with Crippen LogP contribution in [0.1, 0.15) is 48.0 Å². The minimum absolute atomic E-state index is 0.00483. The molecule has 1 saturated heterocycles. The van der Waals surface area contributed by atoms with Gasteiger partial charge in [-0.3, -0.25) is 4.79 Å². The topological polar surface area (TPSA) is 44.8 Å². The van der Waals surface area contributed by atoms with E-state index in [1.807, 2.05) is 27.7 Å². The average Bonchev–Trinajstić information content (AvgIpc) is 2.27. The second-order valence-corrected chi connectivity index (χ2v) is 12.9. The van der Waals surface area contributed by atoms with Crippen LogP contribution in [-0.4, -0.2) is 26.0 Å². The van der Waals surface area contributed by atoms with Crippen LogP contribution in [0.15, 0.2) is 11.5 Å². The second-order valence-electron chi connectivity index (χ2n) is 8.45. The summed E-state index contributed by atoms with van der Waals surface area (Å²) in [6.45, 7) is 18.5. The average molecular weight is 329 g/mol. The highest BCUT2D eigenvalue weighted by atomic mass is 28.4. The van der Waals surface area contributed by atoms with Gasteiger partial charge in [0.05, 0.1) is 5.92 Å². The van der Waals surface area contributed by atoms with E-state index in [-0.39, 0.29) is 23.6 Å². The number of hydrogen-bond donors (Lipinski definition) is 0. The molecule has 0 aliphatic carbocycles. The first-order valence-corrected chi connectivity index (χ1v) is 11.5. The molecular weight excluding hydrogens is 296 g/mol. The summed E-state index contributed by atoms with van der Waals surface area (Å²) in [5, 5.41) is 0. The number of carbonyl (C=O) groups is 1. The van der Waals surface area contributed by atoms with Gasteiger partial charge in [-0.2, -0.15) is 0 Å². The Labute approximate surface area is 136 Å². The molecule has 0 aromatic heterocycles. The van der Waals surface area contributed by atoms with Gasteiger partial charge in [-0.15, -0.1) is 0 Å². The van der Waals surface area contributed by atoms with Crippen LogP contribution in [0.5, 0.6) is 0 Å². The van der Waals surface area contributed by atoms with Crippen molar-refractivity contribution in [2.75, 3.05) is 0 Å². The number of ether oxygens (including phenoxy) is 2. The summed E-state index contributed by atoms with van der Waals surface area (Å²) in [5.41, 5.74) is 0.665. The van der Waals surface area contributed by atoms with Crippen LogP contribution in [0.4, 0.5) is 0 Å². The van der Waals surface area contributed by atoms with Crippen LogP contribution >= 0.6 is 0 Å². The Kier molecular flexibility index (Phi) is 5.76. The van der Waals surface area contributed by atoms with Crippen LogP contribution in [0.2, 0.25) is 19.6 Å². The molecule has 1 aliphatic rings. The van der Waals surface area contributed by atoms with Crippen LogP contribution in [0, 0.1) is 11.8 Å². The first kappa shape index (κ1) is 19.1. The maximum Gasteiger partial charge on any atom is 0.313 e. The molecule has 0 radical (unpaired) electrons. The van der Waals surface area contributed by atoms with Crippen LogP contribution in [0.25, 0.3) is 0 Å². The molecule has 0 aromatic rings. The third-order valence-corrected chi connectivity index (χ3v) is 4.08. The fraction of sp³-hybridized carbons (Fsp3) is 0.824. The molecule has 4 nitrogen and oxygen atoms in total. The normalized spacial score (nSPS) is 23.6. The number of carbonyl (C=O) groups excluding carboxylic acids is 1. The Bertz CT molecular complexity index is 423. The summed E-state index contributed by atoms with van der Waals surface area (Å²) in [4.78, 5) is 11.8. The first-order chi connectivity index (χ1) is 9.80. The van der Waals surface area contributed by atoms with Gasteiger partial charge in [0.1, 0.15) is 11.7 Å². The van der Waals surface area contributed by atoms with Crippen molar-refractivity contribution in [2.24, 2.45) is 11.8 Å². The van der Waals surface area contributed by atoms with Gasteiger partial charge in [-0.1, -0.05) is 13.8 Å². The monoisotopic (exact) mass is 328 g/mol. The third kappa shape index (κ3) is 5.67. The highest BCUT2D eigenvalue weighted by molar-refractivity contribution is 6.70. The molecule has 1 rings (SSSR count). The molecule has 128 valence electrons. The zero-order chi connectivity index (χ0) is 17.3. The lowest BCUT2D eigenvalue weighted by Gasteiger charge is -2.38. The fourth-order valence-corrected chi connectivity index (χ4v) is 3.10. The molecule has 0 unspecified atom stereocenters. The molecule has 0 N–H and O–H groups in total. The van der Waals surface area contributed by atoms with E-state index in [1.165, 1.54) is 0 Å². The second kappa shape index (κ2) is 6.65. The van der Waals surface area contributed by atoms with Crippen molar-refractivity contribution in [2.45, 2.75) is 79.3 Å². The predicted octanol–water partition coefficient (Wildman–Crippen LogP) is 4.47. The van der Waals surface area contributed by atoms with Crippen LogP contribution in [-0.2, 0) is 18.7 Å².